The summed E-state index contributed by atoms with van der Waals surface area (Å²) in [5.41, 5.74) is 15.5. The van der Waals surface area contributed by atoms with Crippen LogP contribution in [0.5, 0.6) is 0 Å². The second kappa shape index (κ2) is 7.43. The molecule has 0 radical (unpaired) electrons. The molecule has 3 rings (SSSR count). The van der Waals surface area contributed by atoms with Crippen molar-refractivity contribution >= 4 is 17.1 Å². The minimum absolute atomic E-state index is 0.746. The van der Waals surface area contributed by atoms with E-state index in [0.29, 0.717) is 0 Å². The normalized spacial score (nSPS) is 18.4. The summed E-state index contributed by atoms with van der Waals surface area (Å²) in [4.78, 5) is 4.71. The van der Waals surface area contributed by atoms with Crippen molar-refractivity contribution in [1.82, 2.24) is 0 Å². The molecular weight excluding hydrogens is 332 g/mol. The van der Waals surface area contributed by atoms with E-state index in [0.717, 1.165) is 37.2 Å². The number of rotatable bonds is 6. The third-order valence-corrected chi connectivity index (χ3v) is 5.59. The van der Waals surface area contributed by atoms with Crippen LogP contribution in [-0.4, -0.2) is 20.1 Å². The number of para-hydroxylation sites is 1. The van der Waals surface area contributed by atoms with E-state index in [2.05, 4.69) is 87.1 Å². The highest BCUT2D eigenvalue weighted by Gasteiger charge is 2.43. The number of benzene rings is 2. The maximum atomic E-state index is 7.04. The highest BCUT2D eigenvalue weighted by molar-refractivity contribution is 5.89. The third kappa shape index (κ3) is 3.27. The standard InChI is InChI=1S/C23H34N4/c1-7-12-27(13-8-2)20-11-9-10-19-22(20)26(6)23(24,25-19)21-17(4)14-16(3)15-18(21)5/h9-11,14-15,25H,7-8,12-13,24H2,1-6H3. The molecule has 0 saturated heterocycles. The molecule has 1 atom stereocenters. The summed E-state index contributed by atoms with van der Waals surface area (Å²) in [6.07, 6.45) is 2.26. The number of nitrogens with one attached hydrogen (secondary N) is 1. The highest BCUT2D eigenvalue weighted by atomic mass is 15.4. The van der Waals surface area contributed by atoms with Gasteiger partial charge in [0.25, 0.3) is 0 Å². The Kier molecular flexibility index (Phi) is 5.38. The van der Waals surface area contributed by atoms with E-state index in [1.807, 2.05) is 0 Å². The van der Waals surface area contributed by atoms with Gasteiger partial charge in [-0.05, 0) is 56.9 Å². The summed E-state index contributed by atoms with van der Waals surface area (Å²) >= 11 is 0. The zero-order valence-corrected chi connectivity index (χ0v) is 17.7. The van der Waals surface area contributed by atoms with Crippen molar-refractivity contribution in [2.24, 2.45) is 5.73 Å². The van der Waals surface area contributed by atoms with Gasteiger partial charge in [0.2, 0.25) is 0 Å². The molecule has 4 nitrogen and oxygen atoms in total. The van der Waals surface area contributed by atoms with Crippen LogP contribution in [0, 0.1) is 20.8 Å². The van der Waals surface area contributed by atoms with Crippen molar-refractivity contribution in [3.8, 4) is 0 Å². The molecule has 0 aromatic heterocycles. The van der Waals surface area contributed by atoms with Gasteiger partial charge in [-0.1, -0.05) is 37.6 Å². The molecule has 0 amide bonds. The van der Waals surface area contributed by atoms with Gasteiger partial charge in [0, 0.05) is 25.7 Å². The van der Waals surface area contributed by atoms with Crippen molar-refractivity contribution < 1.29 is 0 Å². The Morgan fingerprint density at radius 2 is 1.63 bits per heavy atom. The number of fused-ring (bicyclic) bond motifs is 1. The maximum absolute atomic E-state index is 7.04. The Bertz CT molecular complexity index is 800. The smallest absolute Gasteiger partial charge is 0.192 e. The first-order chi connectivity index (χ1) is 12.8. The van der Waals surface area contributed by atoms with Gasteiger partial charge in [-0.25, -0.2) is 0 Å². The van der Waals surface area contributed by atoms with Gasteiger partial charge in [-0.2, -0.15) is 0 Å². The molecule has 1 unspecified atom stereocenters. The van der Waals surface area contributed by atoms with Crippen LogP contribution in [0.15, 0.2) is 30.3 Å². The molecular formula is C23H34N4. The third-order valence-electron chi connectivity index (χ3n) is 5.59. The molecule has 2 aromatic rings. The fourth-order valence-corrected chi connectivity index (χ4v) is 4.61. The van der Waals surface area contributed by atoms with E-state index >= 15 is 0 Å². The lowest BCUT2D eigenvalue weighted by atomic mass is 9.94. The van der Waals surface area contributed by atoms with Gasteiger partial charge in [0.05, 0.1) is 17.1 Å². The topological polar surface area (TPSA) is 44.5 Å². The summed E-state index contributed by atoms with van der Waals surface area (Å²) in [5, 5.41) is 3.63. The van der Waals surface area contributed by atoms with Gasteiger partial charge in [-0.15, -0.1) is 0 Å². The van der Waals surface area contributed by atoms with Crippen LogP contribution in [0.25, 0.3) is 0 Å². The lowest BCUT2D eigenvalue weighted by molar-refractivity contribution is 0.517. The minimum Gasteiger partial charge on any atom is -0.370 e. The number of aryl methyl sites for hydroxylation is 3. The molecule has 0 spiro atoms. The molecule has 1 heterocycles. The summed E-state index contributed by atoms with van der Waals surface area (Å²) in [6, 6.07) is 10.9. The number of anilines is 3. The van der Waals surface area contributed by atoms with Crippen LogP contribution in [0.4, 0.5) is 17.1 Å². The Balaban J connectivity index is 2.11. The maximum Gasteiger partial charge on any atom is 0.192 e. The predicted octanol–water partition coefficient (Wildman–Crippen LogP) is 4.87. The molecule has 0 aliphatic carbocycles. The van der Waals surface area contributed by atoms with Crippen molar-refractivity contribution in [2.45, 2.75) is 53.2 Å². The van der Waals surface area contributed by atoms with E-state index in [1.165, 1.54) is 28.1 Å². The number of nitrogens with zero attached hydrogens (tertiary/aromatic N) is 2. The van der Waals surface area contributed by atoms with Gasteiger partial charge in [0.1, 0.15) is 0 Å². The van der Waals surface area contributed by atoms with E-state index in [1.54, 1.807) is 0 Å². The molecule has 0 saturated carbocycles. The van der Waals surface area contributed by atoms with Crippen molar-refractivity contribution in [1.29, 1.82) is 0 Å². The zero-order valence-electron chi connectivity index (χ0n) is 17.7. The molecule has 1 aliphatic heterocycles. The molecule has 1 aliphatic rings. The average molecular weight is 367 g/mol. The van der Waals surface area contributed by atoms with E-state index < -0.39 is 5.79 Å². The summed E-state index contributed by atoms with van der Waals surface area (Å²) in [6.45, 7) is 13.0. The monoisotopic (exact) mass is 366 g/mol. The fourth-order valence-electron chi connectivity index (χ4n) is 4.61. The summed E-state index contributed by atoms with van der Waals surface area (Å²) < 4.78 is 0. The second-order valence-corrected chi connectivity index (χ2v) is 7.88. The van der Waals surface area contributed by atoms with Crippen LogP contribution in [-0.2, 0) is 5.79 Å². The SMILES string of the molecule is CCCN(CCC)c1cccc2c1N(C)C(N)(c1c(C)cc(C)cc1C)N2. The Hall–Kier alpha value is -2.20. The van der Waals surface area contributed by atoms with Crippen molar-refractivity contribution in [2.75, 3.05) is 35.3 Å². The van der Waals surface area contributed by atoms with Gasteiger partial charge in [0.15, 0.2) is 5.79 Å². The van der Waals surface area contributed by atoms with Gasteiger partial charge in [-0.3, -0.25) is 5.73 Å². The molecule has 27 heavy (non-hydrogen) atoms. The van der Waals surface area contributed by atoms with Crippen molar-refractivity contribution in [3.63, 3.8) is 0 Å². The number of nitrogens with two attached hydrogens (primary N) is 1. The first-order valence-corrected chi connectivity index (χ1v) is 10.1. The Labute approximate surface area is 164 Å². The Morgan fingerprint density at radius 3 is 2.19 bits per heavy atom. The molecule has 146 valence electrons. The molecule has 4 heteroatoms. The van der Waals surface area contributed by atoms with Crippen LogP contribution in [0.2, 0.25) is 0 Å². The fraction of sp³-hybridized carbons (Fsp3) is 0.478. The van der Waals surface area contributed by atoms with Crippen LogP contribution >= 0.6 is 0 Å². The molecule has 3 N–H and O–H groups in total. The minimum atomic E-state index is -0.746. The lowest BCUT2D eigenvalue weighted by Gasteiger charge is -2.38. The summed E-state index contributed by atoms with van der Waals surface area (Å²) in [7, 11) is 2.11. The summed E-state index contributed by atoms with van der Waals surface area (Å²) in [5.74, 6) is -0.746. The Morgan fingerprint density at radius 1 is 1.04 bits per heavy atom. The van der Waals surface area contributed by atoms with Crippen LogP contribution in [0.1, 0.15) is 48.9 Å². The molecule has 2 aromatic carbocycles. The zero-order chi connectivity index (χ0) is 19.8. The van der Waals surface area contributed by atoms with E-state index in [4.69, 9.17) is 5.73 Å². The van der Waals surface area contributed by atoms with E-state index in [9.17, 15) is 0 Å². The van der Waals surface area contributed by atoms with E-state index in [-0.39, 0.29) is 0 Å². The van der Waals surface area contributed by atoms with Crippen LogP contribution < -0.4 is 20.9 Å². The van der Waals surface area contributed by atoms with Crippen molar-refractivity contribution in [3.05, 3.63) is 52.6 Å². The number of hydrogen-bond donors (Lipinski definition) is 2. The molecule has 0 bridgehead atoms. The van der Waals surface area contributed by atoms with Gasteiger partial charge < -0.3 is 15.1 Å². The highest BCUT2D eigenvalue weighted by Crippen LogP contribution is 2.48. The van der Waals surface area contributed by atoms with Crippen LogP contribution in [0.3, 0.4) is 0 Å². The lowest BCUT2D eigenvalue weighted by Crippen LogP contribution is -2.55. The average Bonchev–Trinajstić information content (AvgIpc) is 2.85. The van der Waals surface area contributed by atoms with Gasteiger partial charge >= 0.3 is 0 Å². The largest absolute Gasteiger partial charge is 0.370 e. The first kappa shape index (κ1) is 19.6. The predicted molar refractivity (Wildman–Crippen MR) is 118 cm³/mol. The molecule has 0 fully saturated rings. The number of hydrogen-bond acceptors (Lipinski definition) is 4. The quantitative estimate of drug-likeness (QED) is 0.765. The first-order valence-electron chi connectivity index (χ1n) is 10.1. The second-order valence-electron chi connectivity index (χ2n) is 7.88.